The summed E-state index contributed by atoms with van der Waals surface area (Å²) < 4.78 is 7.33. The number of nitrogen functional groups attached to an aromatic ring is 1. The van der Waals surface area contributed by atoms with Crippen molar-refractivity contribution in [3.63, 3.8) is 0 Å². The molecule has 11 heteroatoms. The Kier molecular flexibility index (Phi) is 7.28. The molecular formula is C24H32N8O2S. The monoisotopic (exact) mass is 496 g/mol. The highest BCUT2D eigenvalue weighted by atomic mass is 32.1. The smallest absolute Gasteiger partial charge is 0.275 e. The molecule has 1 atom stereocenters. The molecule has 0 bridgehead atoms. The lowest BCUT2D eigenvalue weighted by Crippen LogP contribution is -2.43. The SMILES string of the molecule is Nc1ccc(N2CCC[C@@H](N)C2)c(NC(=O)c2csc(-c3cnn(CCN4CCOCC4)c3)n2)c1. The number of piperidine rings is 1. The van der Waals surface area contributed by atoms with E-state index in [0.717, 1.165) is 81.6 Å². The maximum atomic E-state index is 13.1. The van der Waals surface area contributed by atoms with E-state index in [1.54, 1.807) is 17.6 Å². The fourth-order valence-electron chi connectivity index (χ4n) is 4.52. The zero-order valence-corrected chi connectivity index (χ0v) is 20.5. The zero-order chi connectivity index (χ0) is 24.2. The number of carbonyl (C=O) groups excluding carboxylic acids is 1. The molecule has 2 aromatic heterocycles. The molecule has 0 aliphatic carbocycles. The molecular weight excluding hydrogens is 464 g/mol. The van der Waals surface area contributed by atoms with Crippen LogP contribution in [0.2, 0.25) is 0 Å². The summed E-state index contributed by atoms with van der Waals surface area (Å²) in [7, 11) is 0. The average molecular weight is 497 g/mol. The second kappa shape index (κ2) is 10.7. The first-order chi connectivity index (χ1) is 17.0. The number of benzene rings is 1. The van der Waals surface area contributed by atoms with Crippen molar-refractivity contribution in [2.45, 2.75) is 25.4 Å². The molecule has 0 saturated carbocycles. The van der Waals surface area contributed by atoms with Gasteiger partial charge in [-0.15, -0.1) is 11.3 Å². The van der Waals surface area contributed by atoms with Gasteiger partial charge in [-0.05, 0) is 31.0 Å². The van der Waals surface area contributed by atoms with Crippen LogP contribution in [0.5, 0.6) is 0 Å². The molecule has 2 aliphatic heterocycles. The lowest BCUT2D eigenvalue weighted by molar-refractivity contribution is 0.0360. The van der Waals surface area contributed by atoms with Crippen molar-refractivity contribution in [3.8, 4) is 10.6 Å². The van der Waals surface area contributed by atoms with Gasteiger partial charge < -0.3 is 26.4 Å². The number of morpholine rings is 1. The number of nitrogens with two attached hydrogens (primary N) is 2. The third-order valence-corrected chi connectivity index (χ3v) is 7.32. The van der Waals surface area contributed by atoms with E-state index in [1.165, 1.54) is 11.3 Å². The van der Waals surface area contributed by atoms with Crippen molar-refractivity contribution < 1.29 is 9.53 Å². The van der Waals surface area contributed by atoms with E-state index in [2.05, 4.69) is 25.2 Å². The highest BCUT2D eigenvalue weighted by Crippen LogP contribution is 2.31. The molecule has 3 aromatic rings. The first kappa shape index (κ1) is 23.7. The van der Waals surface area contributed by atoms with Crippen LogP contribution in [0.3, 0.4) is 0 Å². The fourth-order valence-corrected chi connectivity index (χ4v) is 5.30. The number of anilines is 3. The molecule has 2 saturated heterocycles. The largest absolute Gasteiger partial charge is 0.399 e. The van der Waals surface area contributed by atoms with E-state index in [1.807, 2.05) is 23.0 Å². The normalized spacial score (nSPS) is 19.1. The van der Waals surface area contributed by atoms with Crippen molar-refractivity contribution in [2.75, 3.05) is 61.9 Å². The summed E-state index contributed by atoms with van der Waals surface area (Å²) in [5.41, 5.74) is 15.7. The highest BCUT2D eigenvalue weighted by Gasteiger charge is 2.21. The Hall–Kier alpha value is -2.99. The number of nitrogens with one attached hydrogen (secondary N) is 1. The summed E-state index contributed by atoms with van der Waals surface area (Å²) in [5.74, 6) is -0.264. The molecule has 4 heterocycles. The maximum Gasteiger partial charge on any atom is 0.275 e. The number of aromatic nitrogens is 3. The van der Waals surface area contributed by atoms with Crippen LogP contribution in [-0.2, 0) is 11.3 Å². The summed E-state index contributed by atoms with van der Waals surface area (Å²) >= 11 is 1.43. The number of ether oxygens (including phenoxy) is 1. The second-order valence-corrected chi connectivity index (χ2v) is 9.92. The number of thiazole rings is 1. The molecule has 5 rings (SSSR count). The van der Waals surface area contributed by atoms with E-state index >= 15 is 0 Å². The van der Waals surface area contributed by atoms with Crippen molar-refractivity contribution in [3.05, 3.63) is 41.7 Å². The molecule has 35 heavy (non-hydrogen) atoms. The Labute approximate surface area is 208 Å². The third-order valence-electron chi connectivity index (χ3n) is 6.43. The Bertz CT molecular complexity index is 1160. The molecule has 2 fully saturated rings. The summed E-state index contributed by atoms with van der Waals surface area (Å²) in [4.78, 5) is 22.2. The number of carbonyl (C=O) groups is 1. The van der Waals surface area contributed by atoms with E-state index in [4.69, 9.17) is 16.2 Å². The van der Waals surface area contributed by atoms with E-state index in [-0.39, 0.29) is 11.9 Å². The van der Waals surface area contributed by atoms with Gasteiger partial charge in [0, 0.05) is 61.6 Å². The standard InChI is InChI=1S/C24H32N8O2S/c25-18-3-4-22(31-5-1-2-19(26)15-31)20(12-18)28-23(33)21-16-35-24(29-21)17-13-27-32(14-17)7-6-30-8-10-34-11-9-30/h3-4,12-14,16,19H,1-2,5-11,15,25-26H2,(H,28,33)/t19-/m1/s1. The van der Waals surface area contributed by atoms with Crippen molar-refractivity contribution in [2.24, 2.45) is 5.73 Å². The second-order valence-electron chi connectivity index (χ2n) is 9.06. The van der Waals surface area contributed by atoms with Gasteiger partial charge in [-0.2, -0.15) is 5.10 Å². The zero-order valence-electron chi connectivity index (χ0n) is 19.7. The minimum Gasteiger partial charge on any atom is -0.399 e. The first-order valence-electron chi connectivity index (χ1n) is 12.0. The van der Waals surface area contributed by atoms with Crippen LogP contribution in [0.4, 0.5) is 17.1 Å². The van der Waals surface area contributed by atoms with Gasteiger partial charge in [0.1, 0.15) is 10.7 Å². The quantitative estimate of drug-likeness (QED) is 0.425. The lowest BCUT2D eigenvalue weighted by Gasteiger charge is -2.34. The summed E-state index contributed by atoms with van der Waals surface area (Å²) in [5, 5.41) is 10.0. The number of hydrogen-bond donors (Lipinski definition) is 3. The summed E-state index contributed by atoms with van der Waals surface area (Å²) in [6, 6.07) is 5.71. The predicted octanol–water partition coefficient (Wildman–Crippen LogP) is 2.10. The van der Waals surface area contributed by atoms with Gasteiger partial charge in [0.25, 0.3) is 5.91 Å². The molecule has 2 aliphatic rings. The van der Waals surface area contributed by atoms with Crippen LogP contribution in [0.1, 0.15) is 23.3 Å². The Morgan fingerprint density at radius 3 is 2.91 bits per heavy atom. The molecule has 0 radical (unpaired) electrons. The van der Waals surface area contributed by atoms with Crippen molar-refractivity contribution in [1.82, 2.24) is 19.7 Å². The molecule has 10 nitrogen and oxygen atoms in total. The van der Waals surface area contributed by atoms with Gasteiger partial charge in [-0.3, -0.25) is 14.4 Å². The van der Waals surface area contributed by atoms with Crippen LogP contribution in [-0.4, -0.2) is 77.6 Å². The van der Waals surface area contributed by atoms with Crippen LogP contribution < -0.4 is 21.7 Å². The topological polar surface area (TPSA) is 128 Å². The molecule has 5 N–H and O–H groups in total. The van der Waals surface area contributed by atoms with Crippen LogP contribution in [0, 0.1) is 0 Å². The Morgan fingerprint density at radius 2 is 2.09 bits per heavy atom. The van der Waals surface area contributed by atoms with Crippen molar-refractivity contribution in [1.29, 1.82) is 0 Å². The van der Waals surface area contributed by atoms with Gasteiger partial charge in [0.05, 0.1) is 37.3 Å². The van der Waals surface area contributed by atoms with E-state index < -0.39 is 0 Å². The lowest BCUT2D eigenvalue weighted by atomic mass is 10.1. The Morgan fingerprint density at radius 1 is 1.23 bits per heavy atom. The average Bonchev–Trinajstić information content (AvgIpc) is 3.54. The highest BCUT2D eigenvalue weighted by molar-refractivity contribution is 7.13. The minimum atomic E-state index is -0.264. The first-order valence-corrected chi connectivity index (χ1v) is 12.9. The molecule has 0 unspecified atom stereocenters. The van der Waals surface area contributed by atoms with Gasteiger partial charge in [0.15, 0.2) is 0 Å². The van der Waals surface area contributed by atoms with Crippen LogP contribution in [0.15, 0.2) is 36.0 Å². The number of nitrogens with zero attached hydrogens (tertiary/aromatic N) is 5. The number of hydrogen-bond acceptors (Lipinski definition) is 9. The van der Waals surface area contributed by atoms with Gasteiger partial charge in [-0.1, -0.05) is 0 Å². The number of rotatable bonds is 7. The van der Waals surface area contributed by atoms with Gasteiger partial charge in [0.2, 0.25) is 0 Å². The summed E-state index contributed by atoms with van der Waals surface area (Å²) in [6.07, 6.45) is 5.82. The van der Waals surface area contributed by atoms with Gasteiger partial charge >= 0.3 is 0 Å². The molecule has 0 spiro atoms. The van der Waals surface area contributed by atoms with E-state index in [9.17, 15) is 4.79 Å². The molecule has 1 amide bonds. The fraction of sp³-hybridized carbons (Fsp3) is 0.458. The van der Waals surface area contributed by atoms with Gasteiger partial charge in [-0.25, -0.2) is 4.98 Å². The maximum absolute atomic E-state index is 13.1. The third kappa shape index (κ3) is 5.81. The van der Waals surface area contributed by atoms with Crippen molar-refractivity contribution >= 4 is 34.3 Å². The molecule has 1 aromatic carbocycles. The number of amides is 1. The minimum absolute atomic E-state index is 0.126. The van der Waals surface area contributed by atoms with Crippen LogP contribution in [0.25, 0.3) is 10.6 Å². The summed E-state index contributed by atoms with van der Waals surface area (Å²) in [6.45, 7) is 6.88. The molecule has 186 valence electrons. The predicted molar refractivity (Wildman–Crippen MR) is 139 cm³/mol. The van der Waals surface area contributed by atoms with Crippen LogP contribution >= 0.6 is 11.3 Å². The van der Waals surface area contributed by atoms with E-state index in [0.29, 0.717) is 17.1 Å². The Balaban J connectivity index is 1.25.